The molecule has 5 heteroatoms. The first kappa shape index (κ1) is 17.9. The molecule has 0 N–H and O–H groups in total. The number of hydrogen-bond donors (Lipinski definition) is 0. The van der Waals surface area contributed by atoms with Crippen LogP contribution in [0.2, 0.25) is 0 Å². The lowest BCUT2D eigenvalue weighted by atomic mass is 10.1. The van der Waals surface area contributed by atoms with Crippen LogP contribution in [0.1, 0.15) is 35.2 Å². The van der Waals surface area contributed by atoms with E-state index in [4.69, 9.17) is 4.74 Å². The van der Waals surface area contributed by atoms with Crippen molar-refractivity contribution in [3.8, 4) is 0 Å². The van der Waals surface area contributed by atoms with Gasteiger partial charge in [-0.2, -0.15) is 5.10 Å². The number of rotatable bonds is 8. The van der Waals surface area contributed by atoms with Crippen molar-refractivity contribution in [2.24, 2.45) is 7.05 Å². The van der Waals surface area contributed by atoms with Crippen LogP contribution < -0.4 is 0 Å². The maximum atomic E-state index is 6.28. The molecular formula is C20H25N3OS. The summed E-state index contributed by atoms with van der Waals surface area (Å²) in [5.41, 5.74) is 2.41. The third kappa shape index (κ3) is 4.37. The Kier molecular flexibility index (Phi) is 6.02. The normalized spacial score (nSPS) is 13.9. The van der Waals surface area contributed by atoms with Gasteiger partial charge in [0.15, 0.2) is 0 Å². The summed E-state index contributed by atoms with van der Waals surface area (Å²) in [6.07, 6.45) is 1.76. The fraction of sp³-hybridized carbons (Fsp3) is 0.350. The van der Waals surface area contributed by atoms with Crippen molar-refractivity contribution in [2.45, 2.75) is 19.1 Å². The Bertz CT molecular complexity index is 754. The van der Waals surface area contributed by atoms with Crippen LogP contribution in [0.3, 0.4) is 0 Å². The van der Waals surface area contributed by atoms with Gasteiger partial charge >= 0.3 is 0 Å². The van der Waals surface area contributed by atoms with Gasteiger partial charge in [-0.1, -0.05) is 36.4 Å². The smallest absolute Gasteiger partial charge is 0.133 e. The van der Waals surface area contributed by atoms with E-state index in [1.165, 1.54) is 10.4 Å². The van der Waals surface area contributed by atoms with E-state index in [1.54, 1.807) is 11.3 Å². The van der Waals surface area contributed by atoms with Gasteiger partial charge in [0.25, 0.3) is 0 Å². The highest BCUT2D eigenvalue weighted by Crippen LogP contribution is 2.29. The van der Waals surface area contributed by atoms with E-state index in [0.717, 1.165) is 12.2 Å². The fourth-order valence-electron chi connectivity index (χ4n) is 2.89. The summed E-state index contributed by atoms with van der Waals surface area (Å²) in [6, 6.07) is 17.2. The number of hydrogen-bond acceptors (Lipinski definition) is 4. The van der Waals surface area contributed by atoms with Crippen molar-refractivity contribution < 1.29 is 4.74 Å². The van der Waals surface area contributed by atoms with Gasteiger partial charge in [0.2, 0.25) is 0 Å². The van der Waals surface area contributed by atoms with E-state index in [1.807, 2.05) is 24.0 Å². The van der Waals surface area contributed by atoms with Gasteiger partial charge < -0.3 is 4.74 Å². The lowest BCUT2D eigenvalue weighted by molar-refractivity contribution is 0.0556. The van der Waals surface area contributed by atoms with Gasteiger partial charge in [0.1, 0.15) is 6.10 Å². The summed E-state index contributed by atoms with van der Waals surface area (Å²) in [7, 11) is 4.11. The lowest BCUT2D eigenvalue weighted by Crippen LogP contribution is -2.27. The van der Waals surface area contributed by atoms with Crippen LogP contribution in [0.15, 0.2) is 60.1 Å². The maximum absolute atomic E-state index is 6.28. The monoisotopic (exact) mass is 355 g/mol. The van der Waals surface area contributed by atoms with E-state index in [-0.39, 0.29) is 6.10 Å². The van der Waals surface area contributed by atoms with Crippen LogP contribution in [0.5, 0.6) is 0 Å². The highest BCUT2D eigenvalue weighted by Gasteiger charge is 2.20. The van der Waals surface area contributed by atoms with Gasteiger partial charge in [-0.15, -0.1) is 11.3 Å². The molecule has 2 aromatic heterocycles. The average molecular weight is 356 g/mol. The molecule has 3 aromatic rings. The van der Waals surface area contributed by atoms with E-state index in [9.17, 15) is 0 Å². The number of nitrogens with zero attached hydrogens (tertiary/aromatic N) is 3. The second-order valence-electron chi connectivity index (χ2n) is 6.21. The summed E-state index contributed by atoms with van der Waals surface area (Å²) in [5, 5.41) is 6.38. The molecule has 0 saturated carbocycles. The zero-order chi connectivity index (χ0) is 17.6. The topological polar surface area (TPSA) is 30.3 Å². The fourth-order valence-corrected chi connectivity index (χ4v) is 3.67. The molecule has 0 fully saturated rings. The quantitative estimate of drug-likeness (QED) is 0.604. The van der Waals surface area contributed by atoms with Crippen LogP contribution in [0.4, 0.5) is 0 Å². The summed E-state index contributed by atoms with van der Waals surface area (Å²) >= 11 is 1.72. The van der Waals surface area contributed by atoms with Crippen LogP contribution in [-0.2, 0) is 11.8 Å². The number of benzene rings is 1. The van der Waals surface area contributed by atoms with E-state index >= 15 is 0 Å². The third-order valence-corrected chi connectivity index (χ3v) is 5.52. The average Bonchev–Trinajstić information content (AvgIpc) is 3.31. The minimum Gasteiger partial charge on any atom is -0.365 e. The Labute approximate surface area is 153 Å². The molecule has 0 bridgehead atoms. The summed E-state index contributed by atoms with van der Waals surface area (Å²) in [4.78, 5) is 3.53. The first-order chi connectivity index (χ1) is 12.2. The van der Waals surface area contributed by atoms with Gasteiger partial charge in [-0.05, 0) is 37.0 Å². The van der Waals surface area contributed by atoms with Crippen molar-refractivity contribution in [3.63, 3.8) is 0 Å². The zero-order valence-corrected chi connectivity index (χ0v) is 15.8. The van der Waals surface area contributed by atoms with Crippen LogP contribution in [0.25, 0.3) is 0 Å². The van der Waals surface area contributed by atoms with Gasteiger partial charge in [-0.25, -0.2) is 0 Å². The molecule has 1 aromatic carbocycles. The highest BCUT2D eigenvalue weighted by atomic mass is 32.1. The van der Waals surface area contributed by atoms with Gasteiger partial charge in [0.05, 0.1) is 12.3 Å². The molecule has 2 unspecified atom stereocenters. The van der Waals surface area contributed by atoms with Crippen molar-refractivity contribution in [1.29, 1.82) is 0 Å². The molecule has 0 spiro atoms. The molecule has 0 saturated heterocycles. The number of ether oxygens (including phenoxy) is 1. The molecule has 2 atom stereocenters. The molecule has 25 heavy (non-hydrogen) atoms. The minimum atomic E-state index is -0.0621. The Morgan fingerprint density at radius 1 is 1.16 bits per heavy atom. The molecule has 0 aliphatic rings. The van der Waals surface area contributed by atoms with Crippen molar-refractivity contribution in [3.05, 3.63) is 76.2 Å². The second-order valence-corrected chi connectivity index (χ2v) is 7.19. The van der Waals surface area contributed by atoms with Crippen LogP contribution in [0, 0.1) is 0 Å². The Morgan fingerprint density at radius 2 is 1.96 bits per heavy atom. The SMILES string of the molecule is CC(c1ccccc1)N(C)CCOC(c1cccs1)c1ccnn1C. The Morgan fingerprint density at radius 3 is 2.60 bits per heavy atom. The molecule has 132 valence electrons. The Hall–Kier alpha value is -1.95. The first-order valence-electron chi connectivity index (χ1n) is 8.55. The molecule has 0 radical (unpaired) electrons. The molecule has 2 heterocycles. The predicted molar refractivity (Wildman–Crippen MR) is 103 cm³/mol. The van der Waals surface area contributed by atoms with Crippen molar-refractivity contribution in [1.82, 2.24) is 14.7 Å². The lowest BCUT2D eigenvalue weighted by Gasteiger charge is -2.26. The molecule has 3 rings (SSSR count). The Balaban J connectivity index is 1.61. The third-order valence-electron chi connectivity index (χ3n) is 4.60. The highest BCUT2D eigenvalue weighted by molar-refractivity contribution is 7.10. The van der Waals surface area contributed by atoms with Crippen molar-refractivity contribution in [2.75, 3.05) is 20.2 Å². The number of aromatic nitrogens is 2. The molecule has 0 amide bonds. The largest absolute Gasteiger partial charge is 0.365 e. The number of likely N-dealkylation sites (N-methyl/N-ethyl adjacent to an activating group) is 1. The standard InChI is InChI=1S/C20H25N3OS/c1-16(17-8-5-4-6-9-17)22(2)13-14-24-20(19-10-7-15-25-19)18-11-12-21-23(18)3/h4-12,15-16,20H,13-14H2,1-3H3. The summed E-state index contributed by atoms with van der Waals surface area (Å²) in [5.74, 6) is 0. The summed E-state index contributed by atoms with van der Waals surface area (Å²) < 4.78 is 8.17. The zero-order valence-electron chi connectivity index (χ0n) is 15.0. The minimum absolute atomic E-state index is 0.0621. The number of aryl methyl sites for hydroxylation is 1. The van der Waals surface area contributed by atoms with Crippen LogP contribution in [-0.4, -0.2) is 34.9 Å². The van der Waals surface area contributed by atoms with Crippen molar-refractivity contribution >= 4 is 11.3 Å². The number of thiophene rings is 1. The van der Waals surface area contributed by atoms with E-state index in [0.29, 0.717) is 12.6 Å². The maximum Gasteiger partial charge on any atom is 0.133 e. The van der Waals surface area contributed by atoms with Gasteiger partial charge in [-0.3, -0.25) is 9.58 Å². The van der Waals surface area contributed by atoms with E-state index in [2.05, 4.69) is 71.8 Å². The van der Waals surface area contributed by atoms with Gasteiger partial charge in [0, 0.05) is 30.7 Å². The second kappa shape index (κ2) is 8.43. The van der Waals surface area contributed by atoms with E-state index < -0.39 is 0 Å². The summed E-state index contributed by atoms with van der Waals surface area (Å²) in [6.45, 7) is 3.77. The molecular weight excluding hydrogens is 330 g/mol. The molecule has 4 nitrogen and oxygen atoms in total. The first-order valence-corrected chi connectivity index (χ1v) is 9.43. The van der Waals surface area contributed by atoms with Crippen LogP contribution >= 0.6 is 11.3 Å². The molecule has 0 aliphatic carbocycles. The predicted octanol–water partition coefficient (Wildman–Crippen LogP) is 4.28. The molecule has 0 aliphatic heterocycles.